The lowest BCUT2D eigenvalue weighted by Gasteiger charge is -2.50. The van der Waals surface area contributed by atoms with Crippen molar-refractivity contribution in [2.24, 2.45) is 11.8 Å². The first-order chi connectivity index (χ1) is 10.1. The summed E-state index contributed by atoms with van der Waals surface area (Å²) in [5.74, 6) is 3.43. The van der Waals surface area contributed by atoms with E-state index in [0.29, 0.717) is 13.2 Å². The van der Waals surface area contributed by atoms with Crippen molar-refractivity contribution >= 4 is 0 Å². The van der Waals surface area contributed by atoms with E-state index in [1.54, 1.807) is 0 Å². The topological polar surface area (TPSA) is 30.5 Å². The van der Waals surface area contributed by atoms with Crippen LogP contribution in [0.1, 0.15) is 39.2 Å². The van der Waals surface area contributed by atoms with Gasteiger partial charge in [0, 0.05) is 12.0 Å². The average Bonchev–Trinajstić information content (AvgIpc) is 2.45. The molecule has 1 aliphatic heterocycles. The van der Waals surface area contributed by atoms with Gasteiger partial charge in [-0.25, -0.2) is 0 Å². The Labute approximate surface area is 128 Å². The van der Waals surface area contributed by atoms with Crippen LogP contribution in [0.5, 0.6) is 11.5 Å². The summed E-state index contributed by atoms with van der Waals surface area (Å²) < 4.78 is 11.4. The summed E-state index contributed by atoms with van der Waals surface area (Å²) >= 11 is 0. The van der Waals surface area contributed by atoms with E-state index in [9.17, 15) is 0 Å². The molecular weight excluding hydrogens is 262 g/mol. The Balaban J connectivity index is 1.83. The van der Waals surface area contributed by atoms with E-state index in [0.717, 1.165) is 36.4 Å². The third-order valence-corrected chi connectivity index (χ3v) is 5.12. The monoisotopic (exact) mass is 289 g/mol. The molecule has 0 bridgehead atoms. The molecule has 3 nitrogen and oxygen atoms in total. The molecule has 0 saturated heterocycles. The first kappa shape index (κ1) is 14.7. The fourth-order valence-electron chi connectivity index (χ4n) is 3.63. The van der Waals surface area contributed by atoms with Gasteiger partial charge in [-0.05, 0) is 48.9 Å². The molecule has 0 atom stereocenters. The van der Waals surface area contributed by atoms with Gasteiger partial charge < -0.3 is 14.8 Å². The predicted molar refractivity (Wildman–Crippen MR) is 85.2 cm³/mol. The van der Waals surface area contributed by atoms with Crippen LogP contribution in [0.2, 0.25) is 0 Å². The highest BCUT2D eigenvalue weighted by Gasteiger charge is 2.46. The average molecular weight is 289 g/mol. The smallest absolute Gasteiger partial charge is 0.161 e. The van der Waals surface area contributed by atoms with Crippen LogP contribution in [0, 0.1) is 11.8 Å². The number of hydrogen-bond acceptors (Lipinski definition) is 3. The molecule has 2 aliphatic rings. The van der Waals surface area contributed by atoms with Crippen molar-refractivity contribution in [3.05, 3.63) is 23.8 Å². The van der Waals surface area contributed by atoms with Crippen molar-refractivity contribution in [3.8, 4) is 11.5 Å². The Bertz CT molecular complexity index is 492. The summed E-state index contributed by atoms with van der Waals surface area (Å²) in [5, 5.41) is 3.56. The first-order valence-electron chi connectivity index (χ1n) is 8.25. The molecule has 0 radical (unpaired) electrons. The summed E-state index contributed by atoms with van der Waals surface area (Å²) in [6.45, 7) is 10.3. The van der Waals surface area contributed by atoms with Crippen molar-refractivity contribution < 1.29 is 9.47 Å². The third-order valence-electron chi connectivity index (χ3n) is 5.12. The molecule has 0 amide bonds. The molecule has 0 aromatic heterocycles. The van der Waals surface area contributed by atoms with E-state index in [2.05, 4.69) is 44.3 Å². The number of benzene rings is 1. The Morgan fingerprint density at radius 2 is 1.90 bits per heavy atom. The fraction of sp³-hybridized carbons (Fsp3) is 0.667. The third kappa shape index (κ3) is 2.76. The van der Waals surface area contributed by atoms with Crippen LogP contribution >= 0.6 is 0 Å². The van der Waals surface area contributed by atoms with E-state index in [-0.39, 0.29) is 5.41 Å². The summed E-state index contributed by atoms with van der Waals surface area (Å²) in [5.41, 5.74) is 1.69. The number of likely N-dealkylation sites (N-methyl/N-ethyl adjacent to an activating group) is 1. The van der Waals surface area contributed by atoms with Gasteiger partial charge in [-0.1, -0.05) is 26.8 Å². The number of rotatable bonds is 5. The first-order valence-corrected chi connectivity index (χ1v) is 8.25. The molecule has 0 unspecified atom stereocenters. The molecule has 116 valence electrons. The van der Waals surface area contributed by atoms with Gasteiger partial charge in [-0.2, -0.15) is 0 Å². The Hall–Kier alpha value is -1.22. The highest BCUT2D eigenvalue weighted by atomic mass is 16.6. The van der Waals surface area contributed by atoms with E-state index in [1.165, 1.54) is 18.4 Å². The van der Waals surface area contributed by atoms with Crippen molar-refractivity contribution in [2.75, 3.05) is 26.3 Å². The minimum Gasteiger partial charge on any atom is -0.486 e. The van der Waals surface area contributed by atoms with Gasteiger partial charge in [-0.3, -0.25) is 0 Å². The quantitative estimate of drug-likeness (QED) is 0.901. The predicted octanol–water partition coefficient (Wildman–Crippen LogP) is 3.37. The molecule has 3 rings (SSSR count). The van der Waals surface area contributed by atoms with E-state index in [4.69, 9.17) is 9.47 Å². The molecule has 1 aromatic carbocycles. The molecule has 3 heteroatoms. The molecule has 1 aromatic rings. The minimum absolute atomic E-state index is 0.279. The zero-order valence-electron chi connectivity index (χ0n) is 13.4. The summed E-state index contributed by atoms with van der Waals surface area (Å²) in [6, 6.07) is 6.53. The SMILES string of the molecule is CCNCC1(c2ccc3c(c2)OCCO3)CC(C(C)C)C1. The Morgan fingerprint density at radius 3 is 2.57 bits per heavy atom. The number of nitrogens with one attached hydrogen (secondary N) is 1. The highest BCUT2D eigenvalue weighted by Crippen LogP contribution is 2.51. The highest BCUT2D eigenvalue weighted by molar-refractivity contribution is 5.47. The summed E-state index contributed by atoms with van der Waals surface area (Å²) in [4.78, 5) is 0. The Morgan fingerprint density at radius 1 is 1.19 bits per heavy atom. The van der Waals surface area contributed by atoms with Gasteiger partial charge >= 0.3 is 0 Å². The van der Waals surface area contributed by atoms with Gasteiger partial charge in [0.2, 0.25) is 0 Å². The van der Waals surface area contributed by atoms with Crippen molar-refractivity contribution in [3.63, 3.8) is 0 Å². The second-order valence-corrected chi connectivity index (χ2v) is 6.83. The second-order valence-electron chi connectivity index (χ2n) is 6.83. The molecule has 1 aliphatic carbocycles. The summed E-state index contributed by atoms with van der Waals surface area (Å²) in [7, 11) is 0. The maximum Gasteiger partial charge on any atom is 0.161 e. The maximum absolute atomic E-state index is 5.76. The fourth-order valence-corrected chi connectivity index (χ4v) is 3.63. The number of ether oxygens (including phenoxy) is 2. The van der Waals surface area contributed by atoms with Gasteiger partial charge in [0.05, 0.1) is 0 Å². The Kier molecular flexibility index (Phi) is 4.12. The van der Waals surface area contributed by atoms with Crippen LogP contribution < -0.4 is 14.8 Å². The van der Waals surface area contributed by atoms with Crippen LogP contribution in [-0.2, 0) is 5.41 Å². The van der Waals surface area contributed by atoms with E-state index in [1.807, 2.05) is 0 Å². The van der Waals surface area contributed by atoms with Crippen LogP contribution in [0.3, 0.4) is 0 Å². The zero-order valence-corrected chi connectivity index (χ0v) is 13.4. The van der Waals surface area contributed by atoms with Crippen LogP contribution in [0.25, 0.3) is 0 Å². The van der Waals surface area contributed by atoms with Gasteiger partial charge in [0.25, 0.3) is 0 Å². The van der Waals surface area contributed by atoms with Gasteiger partial charge in [0.15, 0.2) is 11.5 Å². The lowest BCUT2D eigenvalue weighted by Crippen LogP contribution is -2.50. The van der Waals surface area contributed by atoms with E-state index >= 15 is 0 Å². The largest absolute Gasteiger partial charge is 0.486 e. The minimum atomic E-state index is 0.279. The lowest BCUT2D eigenvalue weighted by atomic mass is 9.56. The summed E-state index contributed by atoms with van der Waals surface area (Å²) in [6.07, 6.45) is 2.55. The zero-order chi connectivity index (χ0) is 14.9. The molecule has 21 heavy (non-hydrogen) atoms. The van der Waals surface area contributed by atoms with Crippen molar-refractivity contribution in [2.45, 2.75) is 39.0 Å². The van der Waals surface area contributed by atoms with Gasteiger partial charge in [0.1, 0.15) is 13.2 Å². The molecule has 1 heterocycles. The molecule has 0 spiro atoms. The second kappa shape index (κ2) is 5.88. The number of fused-ring (bicyclic) bond motifs is 1. The maximum atomic E-state index is 5.76. The molecule has 1 saturated carbocycles. The van der Waals surface area contributed by atoms with Crippen LogP contribution in [-0.4, -0.2) is 26.3 Å². The van der Waals surface area contributed by atoms with Crippen molar-refractivity contribution in [1.29, 1.82) is 0 Å². The normalized spacial score (nSPS) is 27.5. The molecule has 1 fully saturated rings. The van der Waals surface area contributed by atoms with Crippen LogP contribution in [0.4, 0.5) is 0 Å². The lowest BCUT2D eigenvalue weighted by molar-refractivity contribution is 0.0973. The van der Waals surface area contributed by atoms with E-state index < -0.39 is 0 Å². The molecule has 1 N–H and O–H groups in total. The van der Waals surface area contributed by atoms with Crippen LogP contribution in [0.15, 0.2) is 18.2 Å². The standard InChI is InChI=1S/C18H27NO2/c1-4-19-12-18(10-14(11-18)13(2)3)15-5-6-16-17(9-15)21-8-7-20-16/h5-6,9,13-14,19H,4,7-8,10-12H2,1-3H3. The molecular formula is C18H27NO2. The number of hydrogen-bond donors (Lipinski definition) is 1. The van der Waals surface area contributed by atoms with Gasteiger partial charge in [-0.15, -0.1) is 0 Å². The van der Waals surface area contributed by atoms with Crippen molar-refractivity contribution in [1.82, 2.24) is 5.32 Å².